The summed E-state index contributed by atoms with van der Waals surface area (Å²) in [7, 11) is 2.04. The summed E-state index contributed by atoms with van der Waals surface area (Å²) in [4.78, 5) is 17.2. The highest BCUT2D eigenvalue weighted by molar-refractivity contribution is 5.99. The number of nitrogens with one attached hydrogen (secondary N) is 1. The number of hydrogen-bond donors (Lipinski definition) is 1. The summed E-state index contributed by atoms with van der Waals surface area (Å²) in [5.41, 5.74) is 5.68. The Morgan fingerprint density at radius 1 is 1.19 bits per heavy atom. The maximum atomic E-state index is 12.7. The lowest BCUT2D eigenvalue weighted by Gasteiger charge is -2.10. The first-order valence-corrected chi connectivity index (χ1v) is 8.67. The first kappa shape index (κ1) is 16.4. The van der Waals surface area contributed by atoms with Crippen LogP contribution in [0, 0.1) is 13.8 Å². The third-order valence-electron chi connectivity index (χ3n) is 5.10. The number of hydrogen-bond acceptors (Lipinski definition) is 3. The molecule has 4 rings (SSSR count). The molecule has 0 saturated heterocycles. The third-order valence-corrected chi connectivity index (χ3v) is 5.10. The Hall–Kier alpha value is -3.08. The summed E-state index contributed by atoms with van der Waals surface area (Å²) in [6.07, 6.45) is 0. The fourth-order valence-electron chi connectivity index (χ4n) is 3.31. The molecule has 1 atom stereocenters. The highest BCUT2D eigenvalue weighted by atomic mass is 16.3. The van der Waals surface area contributed by atoms with Crippen LogP contribution >= 0.6 is 0 Å². The Kier molecular flexibility index (Phi) is 3.80. The van der Waals surface area contributed by atoms with Crippen molar-refractivity contribution in [3.8, 4) is 0 Å². The molecular weight excluding hydrogens is 326 g/mol. The van der Waals surface area contributed by atoms with Gasteiger partial charge in [-0.05, 0) is 56.7 Å². The van der Waals surface area contributed by atoms with Crippen LogP contribution in [-0.4, -0.2) is 15.5 Å². The lowest BCUT2D eigenvalue weighted by Crippen LogP contribution is -2.26. The second-order valence-electron chi connectivity index (χ2n) is 6.72. The van der Waals surface area contributed by atoms with Crippen LogP contribution < -0.4 is 5.32 Å². The number of oxazole rings is 1. The molecule has 1 unspecified atom stereocenters. The van der Waals surface area contributed by atoms with E-state index < -0.39 is 0 Å². The van der Waals surface area contributed by atoms with Crippen LogP contribution in [0.5, 0.6) is 0 Å². The summed E-state index contributed by atoms with van der Waals surface area (Å²) in [5, 5.41) is 4.08. The SMILES string of the molecule is Cc1c(C)n(C)c2ccc(C(=O)NC(C)c3nc4ccccc4o3)cc12. The lowest BCUT2D eigenvalue weighted by molar-refractivity contribution is 0.0934. The number of nitrogens with zero attached hydrogens (tertiary/aromatic N) is 2. The molecule has 0 aliphatic rings. The van der Waals surface area contributed by atoms with Crippen molar-refractivity contribution in [3.05, 3.63) is 65.2 Å². The van der Waals surface area contributed by atoms with Gasteiger partial charge in [0.05, 0.1) is 0 Å². The first-order chi connectivity index (χ1) is 12.5. The lowest BCUT2D eigenvalue weighted by atomic mass is 10.1. The Bertz CT molecular complexity index is 1100. The molecule has 0 saturated carbocycles. The van der Waals surface area contributed by atoms with Gasteiger partial charge in [0, 0.05) is 29.2 Å². The van der Waals surface area contributed by atoms with E-state index >= 15 is 0 Å². The smallest absolute Gasteiger partial charge is 0.251 e. The summed E-state index contributed by atoms with van der Waals surface area (Å²) >= 11 is 0. The van der Waals surface area contributed by atoms with Crippen molar-refractivity contribution in [2.24, 2.45) is 7.05 Å². The van der Waals surface area contributed by atoms with Crippen LogP contribution in [0.2, 0.25) is 0 Å². The molecular formula is C21H21N3O2. The average Bonchev–Trinajstić information content (AvgIpc) is 3.17. The number of fused-ring (bicyclic) bond motifs is 2. The van der Waals surface area contributed by atoms with Gasteiger partial charge in [-0.1, -0.05) is 12.1 Å². The first-order valence-electron chi connectivity index (χ1n) is 8.67. The van der Waals surface area contributed by atoms with Crippen LogP contribution in [0.1, 0.15) is 40.5 Å². The quantitative estimate of drug-likeness (QED) is 0.596. The van der Waals surface area contributed by atoms with Crippen LogP contribution in [0.25, 0.3) is 22.0 Å². The monoisotopic (exact) mass is 347 g/mol. The molecule has 0 aliphatic carbocycles. The summed E-state index contributed by atoms with van der Waals surface area (Å²) in [6, 6.07) is 13.1. The van der Waals surface area contributed by atoms with E-state index in [1.165, 1.54) is 11.3 Å². The van der Waals surface area contributed by atoms with Gasteiger partial charge in [0.1, 0.15) is 11.6 Å². The molecule has 0 spiro atoms. The zero-order valence-electron chi connectivity index (χ0n) is 15.3. The molecule has 2 aromatic carbocycles. The summed E-state index contributed by atoms with van der Waals surface area (Å²) in [5.74, 6) is 0.370. The number of carbonyl (C=O) groups is 1. The largest absolute Gasteiger partial charge is 0.438 e. The van der Waals surface area contributed by atoms with Gasteiger partial charge < -0.3 is 14.3 Å². The number of aromatic nitrogens is 2. The normalized spacial score (nSPS) is 12.6. The van der Waals surface area contributed by atoms with Crippen molar-refractivity contribution in [1.29, 1.82) is 0 Å². The van der Waals surface area contributed by atoms with Crippen LogP contribution in [-0.2, 0) is 7.05 Å². The Labute approximate surface area is 151 Å². The summed E-state index contributed by atoms with van der Waals surface area (Å²) < 4.78 is 7.89. The fraction of sp³-hybridized carbons (Fsp3) is 0.238. The number of amides is 1. The van der Waals surface area contributed by atoms with E-state index in [1.807, 2.05) is 56.4 Å². The van der Waals surface area contributed by atoms with E-state index in [4.69, 9.17) is 4.42 Å². The molecule has 132 valence electrons. The van der Waals surface area contributed by atoms with Crippen molar-refractivity contribution in [3.63, 3.8) is 0 Å². The van der Waals surface area contributed by atoms with E-state index in [-0.39, 0.29) is 11.9 Å². The second kappa shape index (κ2) is 6.02. The van der Waals surface area contributed by atoms with Crippen molar-refractivity contribution >= 4 is 27.9 Å². The summed E-state index contributed by atoms with van der Waals surface area (Å²) in [6.45, 7) is 6.05. The van der Waals surface area contributed by atoms with Gasteiger partial charge in [-0.25, -0.2) is 4.98 Å². The van der Waals surface area contributed by atoms with Gasteiger partial charge in [0.15, 0.2) is 5.58 Å². The molecule has 2 aromatic heterocycles. The van der Waals surface area contributed by atoms with E-state index in [9.17, 15) is 4.79 Å². The molecule has 1 N–H and O–H groups in total. The number of rotatable bonds is 3. The molecule has 5 nitrogen and oxygen atoms in total. The van der Waals surface area contributed by atoms with Crippen molar-refractivity contribution in [1.82, 2.24) is 14.9 Å². The highest BCUT2D eigenvalue weighted by Gasteiger charge is 2.18. The van der Waals surface area contributed by atoms with Crippen LogP contribution in [0.4, 0.5) is 0 Å². The molecule has 0 fully saturated rings. The van der Waals surface area contributed by atoms with Crippen LogP contribution in [0.15, 0.2) is 46.9 Å². The number of aryl methyl sites for hydroxylation is 2. The van der Waals surface area contributed by atoms with Crippen LogP contribution in [0.3, 0.4) is 0 Å². The highest BCUT2D eigenvalue weighted by Crippen LogP contribution is 2.26. The minimum absolute atomic E-state index is 0.137. The van der Waals surface area contributed by atoms with E-state index in [0.717, 1.165) is 22.0 Å². The van der Waals surface area contributed by atoms with E-state index in [2.05, 4.69) is 28.7 Å². The molecule has 0 radical (unpaired) electrons. The topological polar surface area (TPSA) is 60.1 Å². The minimum atomic E-state index is -0.316. The molecule has 5 heteroatoms. The molecule has 4 aromatic rings. The van der Waals surface area contributed by atoms with E-state index in [1.54, 1.807) is 0 Å². The fourth-order valence-corrected chi connectivity index (χ4v) is 3.31. The van der Waals surface area contributed by atoms with Crippen molar-refractivity contribution in [2.45, 2.75) is 26.8 Å². The van der Waals surface area contributed by atoms with Crippen molar-refractivity contribution in [2.75, 3.05) is 0 Å². The van der Waals surface area contributed by atoms with E-state index in [0.29, 0.717) is 11.5 Å². The Morgan fingerprint density at radius 2 is 1.96 bits per heavy atom. The minimum Gasteiger partial charge on any atom is -0.438 e. The second-order valence-corrected chi connectivity index (χ2v) is 6.72. The number of carbonyl (C=O) groups excluding carboxylic acids is 1. The standard InChI is InChI=1S/C21H21N3O2/c1-12-14(3)24(4)18-10-9-15(11-16(12)18)20(25)22-13(2)21-23-17-7-5-6-8-19(17)26-21/h5-11,13H,1-4H3,(H,22,25). The molecule has 26 heavy (non-hydrogen) atoms. The van der Waals surface area contributed by atoms with Gasteiger partial charge in [-0.15, -0.1) is 0 Å². The zero-order chi connectivity index (χ0) is 18.4. The van der Waals surface area contributed by atoms with Gasteiger partial charge in [-0.2, -0.15) is 0 Å². The predicted octanol–water partition coefficient (Wildman–Crippen LogP) is 4.43. The van der Waals surface area contributed by atoms with Gasteiger partial charge in [0.25, 0.3) is 5.91 Å². The van der Waals surface area contributed by atoms with Gasteiger partial charge in [-0.3, -0.25) is 4.79 Å². The number of para-hydroxylation sites is 2. The third kappa shape index (κ3) is 2.56. The molecule has 0 aliphatic heterocycles. The number of benzene rings is 2. The van der Waals surface area contributed by atoms with Crippen molar-refractivity contribution < 1.29 is 9.21 Å². The predicted molar refractivity (Wildman–Crippen MR) is 102 cm³/mol. The van der Waals surface area contributed by atoms with Gasteiger partial charge >= 0.3 is 0 Å². The maximum absolute atomic E-state index is 12.7. The average molecular weight is 347 g/mol. The van der Waals surface area contributed by atoms with Gasteiger partial charge in [0.2, 0.25) is 5.89 Å². The molecule has 2 heterocycles. The maximum Gasteiger partial charge on any atom is 0.251 e. The molecule has 0 bridgehead atoms. The molecule has 1 amide bonds. The Morgan fingerprint density at radius 3 is 2.73 bits per heavy atom. The Balaban J connectivity index is 1.61. The zero-order valence-corrected chi connectivity index (χ0v) is 15.3.